The topological polar surface area (TPSA) is 45.6 Å². The van der Waals surface area contributed by atoms with E-state index in [9.17, 15) is 0 Å². The molecule has 0 aliphatic carbocycles. The first-order chi connectivity index (χ1) is 8.70. The number of rotatable bonds is 4. The van der Waals surface area contributed by atoms with Crippen LogP contribution in [0.4, 0.5) is 0 Å². The second kappa shape index (κ2) is 6.36. The average molecular weight is 271 g/mol. The first-order valence-electron chi connectivity index (χ1n) is 6.29. The van der Waals surface area contributed by atoms with E-state index in [4.69, 9.17) is 21.4 Å². The van der Waals surface area contributed by atoms with Crippen LogP contribution in [0.3, 0.4) is 0 Å². The smallest absolute Gasteiger partial charge is 0.232 e. The van der Waals surface area contributed by atoms with E-state index in [0.717, 1.165) is 13.0 Å². The van der Waals surface area contributed by atoms with E-state index in [1.54, 1.807) is 12.3 Å². The molecule has 1 aromatic rings. The SMILES string of the molecule is CN1CCCCC1COc1ncc(CO)cc1Cl. The molecule has 0 amide bonds. The first-order valence-corrected chi connectivity index (χ1v) is 6.67. The van der Waals surface area contributed by atoms with Crippen molar-refractivity contribution in [3.8, 4) is 5.88 Å². The Hall–Kier alpha value is -0.840. The third kappa shape index (κ3) is 3.34. The Kier molecular flexibility index (Phi) is 4.80. The Morgan fingerprint density at radius 1 is 1.56 bits per heavy atom. The van der Waals surface area contributed by atoms with Crippen LogP contribution in [-0.4, -0.2) is 41.2 Å². The number of likely N-dealkylation sites (tertiary alicyclic amines) is 1. The van der Waals surface area contributed by atoms with Gasteiger partial charge in [0.15, 0.2) is 0 Å². The third-order valence-electron chi connectivity index (χ3n) is 3.38. The summed E-state index contributed by atoms with van der Waals surface area (Å²) in [6, 6.07) is 2.13. The van der Waals surface area contributed by atoms with Crippen molar-refractivity contribution >= 4 is 11.6 Å². The number of piperidine rings is 1. The number of nitrogens with zero attached hydrogens (tertiary/aromatic N) is 2. The van der Waals surface area contributed by atoms with Gasteiger partial charge in [0.05, 0.1) is 6.61 Å². The molecule has 1 aliphatic rings. The van der Waals surface area contributed by atoms with Gasteiger partial charge in [0, 0.05) is 12.2 Å². The molecule has 4 nitrogen and oxygen atoms in total. The van der Waals surface area contributed by atoms with E-state index in [1.165, 1.54) is 12.8 Å². The minimum absolute atomic E-state index is 0.0572. The van der Waals surface area contributed by atoms with Gasteiger partial charge in [0.2, 0.25) is 5.88 Å². The van der Waals surface area contributed by atoms with E-state index in [0.29, 0.717) is 29.1 Å². The van der Waals surface area contributed by atoms with Gasteiger partial charge in [-0.2, -0.15) is 0 Å². The van der Waals surface area contributed by atoms with Crippen LogP contribution in [0.25, 0.3) is 0 Å². The number of aromatic nitrogens is 1. The summed E-state index contributed by atoms with van der Waals surface area (Å²) >= 11 is 6.05. The predicted octanol–water partition coefficient (Wildman–Crippen LogP) is 2.09. The van der Waals surface area contributed by atoms with Crippen LogP contribution in [0.1, 0.15) is 24.8 Å². The number of ether oxygens (including phenoxy) is 1. The molecule has 0 saturated carbocycles. The van der Waals surface area contributed by atoms with E-state index >= 15 is 0 Å². The van der Waals surface area contributed by atoms with Crippen molar-refractivity contribution in [2.24, 2.45) is 0 Å². The fraction of sp³-hybridized carbons (Fsp3) is 0.615. The maximum atomic E-state index is 8.98. The number of aliphatic hydroxyl groups excluding tert-OH is 1. The van der Waals surface area contributed by atoms with Crippen molar-refractivity contribution in [3.05, 3.63) is 22.8 Å². The molecular formula is C13H19ClN2O2. The maximum Gasteiger partial charge on any atom is 0.232 e. The largest absolute Gasteiger partial charge is 0.475 e. The highest BCUT2D eigenvalue weighted by Crippen LogP contribution is 2.24. The van der Waals surface area contributed by atoms with Gasteiger partial charge in [-0.25, -0.2) is 4.98 Å². The lowest BCUT2D eigenvalue weighted by Crippen LogP contribution is -2.40. The molecule has 1 aliphatic heterocycles. The summed E-state index contributed by atoms with van der Waals surface area (Å²) in [6.07, 6.45) is 5.26. The molecule has 1 fully saturated rings. The van der Waals surface area contributed by atoms with Gasteiger partial charge in [-0.15, -0.1) is 0 Å². The zero-order chi connectivity index (χ0) is 13.0. The zero-order valence-electron chi connectivity index (χ0n) is 10.6. The Labute approximate surface area is 113 Å². The van der Waals surface area contributed by atoms with Gasteiger partial charge in [-0.1, -0.05) is 18.0 Å². The molecule has 1 N–H and O–H groups in total. The van der Waals surface area contributed by atoms with Crippen molar-refractivity contribution in [3.63, 3.8) is 0 Å². The lowest BCUT2D eigenvalue weighted by molar-refractivity contribution is 0.122. The molecular weight excluding hydrogens is 252 g/mol. The van der Waals surface area contributed by atoms with Gasteiger partial charge < -0.3 is 14.7 Å². The molecule has 2 rings (SSSR count). The monoisotopic (exact) mass is 270 g/mol. The van der Waals surface area contributed by atoms with Crippen molar-refractivity contribution in [1.82, 2.24) is 9.88 Å². The van der Waals surface area contributed by atoms with Crippen LogP contribution in [0, 0.1) is 0 Å². The predicted molar refractivity (Wildman–Crippen MR) is 70.9 cm³/mol. The number of hydrogen-bond acceptors (Lipinski definition) is 4. The minimum Gasteiger partial charge on any atom is -0.475 e. The Bertz CT molecular complexity index is 401. The molecule has 100 valence electrons. The summed E-state index contributed by atoms with van der Waals surface area (Å²) in [7, 11) is 2.12. The van der Waals surface area contributed by atoms with Crippen LogP contribution >= 0.6 is 11.6 Å². The summed E-state index contributed by atoms with van der Waals surface area (Å²) < 4.78 is 5.68. The quantitative estimate of drug-likeness (QED) is 0.910. The van der Waals surface area contributed by atoms with Gasteiger partial charge in [0.25, 0.3) is 0 Å². The molecule has 0 spiro atoms. The van der Waals surface area contributed by atoms with E-state index in [1.807, 2.05) is 0 Å². The lowest BCUT2D eigenvalue weighted by atomic mass is 10.0. The van der Waals surface area contributed by atoms with Crippen LogP contribution in [0.2, 0.25) is 5.02 Å². The van der Waals surface area contributed by atoms with E-state index in [-0.39, 0.29) is 6.61 Å². The van der Waals surface area contributed by atoms with Crippen molar-refractivity contribution < 1.29 is 9.84 Å². The van der Waals surface area contributed by atoms with E-state index < -0.39 is 0 Å². The van der Waals surface area contributed by atoms with E-state index in [2.05, 4.69) is 16.9 Å². The van der Waals surface area contributed by atoms with Crippen molar-refractivity contribution in [2.45, 2.75) is 31.9 Å². The van der Waals surface area contributed by atoms with Crippen LogP contribution in [0.15, 0.2) is 12.3 Å². The molecule has 0 aromatic carbocycles. The highest BCUT2D eigenvalue weighted by atomic mass is 35.5. The van der Waals surface area contributed by atoms with Crippen molar-refractivity contribution in [1.29, 1.82) is 0 Å². The summed E-state index contributed by atoms with van der Waals surface area (Å²) in [5.41, 5.74) is 0.696. The molecule has 1 aromatic heterocycles. The normalized spacial score (nSPS) is 20.9. The van der Waals surface area contributed by atoms with Crippen LogP contribution < -0.4 is 4.74 Å². The number of likely N-dealkylation sites (N-methyl/N-ethyl adjacent to an activating group) is 1. The number of pyridine rings is 1. The molecule has 18 heavy (non-hydrogen) atoms. The fourth-order valence-electron chi connectivity index (χ4n) is 2.19. The fourth-order valence-corrected chi connectivity index (χ4v) is 2.43. The Morgan fingerprint density at radius 2 is 2.39 bits per heavy atom. The zero-order valence-corrected chi connectivity index (χ0v) is 11.4. The van der Waals surface area contributed by atoms with Gasteiger partial charge in [0.1, 0.15) is 11.6 Å². The molecule has 0 radical (unpaired) electrons. The Morgan fingerprint density at radius 3 is 3.06 bits per heavy atom. The van der Waals surface area contributed by atoms with Gasteiger partial charge in [-0.05, 0) is 38.1 Å². The molecule has 5 heteroatoms. The second-order valence-corrected chi connectivity index (χ2v) is 5.14. The standard InChI is InChI=1S/C13H19ClN2O2/c1-16-5-3-2-4-11(16)9-18-13-12(14)6-10(8-17)7-15-13/h6-7,11,17H,2-5,8-9H2,1H3. The Balaban J connectivity index is 1.93. The average Bonchev–Trinajstić information content (AvgIpc) is 2.39. The van der Waals surface area contributed by atoms with Crippen LogP contribution in [0.5, 0.6) is 5.88 Å². The highest BCUT2D eigenvalue weighted by Gasteiger charge is 2.20. The summed E-state index contributed by atoms with van der Waals surface area (Å²) in [4.78, 5) is 6.44. The first kappa shape index (κ1) is 13.6. The molecule has 2 heterocycles. The summed E-state index contributed by atoms with van der Waals surface area (Å²) in [5, 5.41) is 9.43. The highest BCUT2D eigenvalue weighted by molar-refractivity contribution is 6.31. The summed E-state index contributed by atoms with van der Waals surface area (Å²) in [6.45, 7) is 1.68. The number of hydrogen-bond donors (Lipinski definition) is 1. The number of aliphatic hydroxyl groups is 1. The second-order valence-electron chi connectivity index (χ2n) is 4.73. The molecule has 0 bridgehead atoms. The van der Waals surface area contributed by atoms with Gasteiger partial charge >= 0.3 is 0 Å². The van der Waals surface area contributed by atoms with Crippen LogP contribution in [-0.2, 0) is 6.61 Å². The molecule has 1 atom stereocenters. The maximum absolute atomic E-state index is 8.98. The van der Waals surface area contributed by atoms with Crippen molar-refractivity contribution in [2.75, 3.05) is 20.2 Å². The third-order valence-corrected chi connectivity index (χ3v) is 3.65. The lowest BCUT2D eigenvalue weighted by Gasteiger charge is -2.32. The molecule has 1 unspecified atom stereocenters. The molecule has 1 saturated heterocycles. The van der Waals surface area contributed by atoms with Gasteiger partial charge in [-0.3, -0.25) is 0 Å². The minimum atomic E-state index is -0.0572. The number of halogens is 1. The summed E-state index contributed by atoms with van der Waals surface area (Å²) in [5.74, 6) is 0.452.